The van der Waals surface area contributed by atoms with Crippen LogP contribution in [0.1, 0.15) is 60.9 Å². The summed E-state index contributed by atoms with van der Waals surface area (Å²) in [5.41, 5.74) is 4.76. The topological polar surface area (TPSA) is 85.2 Å². The Morgan fingerprint density at radius 1 is 1.17 bits per heavy atom. The van der Waals surface area contributed by atoms with Crippen LogP contribution in [0.15, 0.2) is 53.3 Å². The molecule has 1 fully saturated rings. The fraction of sp³-hybridized carbons (Fsp3) is 0.357. The minimum absolute atomic E-state index is 0.0648. The van der Waals surface area contributed by atoms with Crippen LogP contribution in [-0.2, 0) is 17.6 Å². The number of nitrogens with zero attached hydrogens (tertiary/aromatic N) is 5. The maximum atomic E-state index is 14.1. The standard InChI is InChI=1S/C28H29N5O2/c1-4-9-26-24(15-21-12-8-13-23(25(21)16-29)20-10-6-5-7-11-20)27(34)32(22-14-18(2)35-17-22)28-30-19(3)31-33(26)28/h5-8,10-13,18,22H,4,9,14-15,17H2,1-3H3. The van der Waals surface area contributed by atoms with Crippen LogP contribution >= 0.6 is 0 Å². The summed E-state index contributed by atoms with van der Waals surface area (Å²) in [4.78, 5) is 18.7. The van der Waals surface area contributed by atoms with Crippen molar-refractivity contribution in [2.45, 2.75) is 58.6 Å². The molecule has 35 heavy (non-hydrogen) atoms. The van der Waals surface area contributed by atoms with Crippen LogP contribution in [0.25, 0.3) is 16.9 Å². The average Bonchev–Trinajstić information content (AvgIpc) is 3.46. The highest BCUT2D eigenvalue weighted by Crippen LogP contribution is 2.29. The number of benzene rings is 2. The average molecular weight is 468 g/mol. The second kappa shape index (κ2) is 9.47. The molecule has 5 rings (SSSR count). The number of hydrogen-bond acceptors (Lipinski definition) is 5. The Kier molecular flexibility index (Phi) is 6.23. The quantitative estimate of drug-likeness (QED) is 0.413. The van der Waals surface area contributed by atoms with E-state index < -0.39 is 0 Å². The van der Waals surface area contributed by atoms with Crippen molar-refractivity contribution in [1.82, 2.24) is 19.2 Å². The van der Waals surface area contributed by atoms with E-state index in [-0.39, 0.29) is 17.7 Å². The van der Waals surface area contributed by atoms with Gasteiger partial charge in [0.05, 0.1) is 30.0 Å². The molecule has 0 amide bonds. The number of hydrogen-bond donors (Lipinski definition) is 0. The molecule has 2 aromatic carbocycles. The van der Waals surface area contributed by atoms with Gasteiger partial charge in [0.1, 0.15) is 11.9 Å². The summed E-state index contributed by atoms with van der Waals surface area (Å²) in [5, 5.41) is 14.8. The summed E-state index contributed by atoms with van der Waals surface area (Å²) in [7, 11) is 0. The summed E-state index contributed by atoms with van der Waals surface area (Å²) in [6.45, 7) is 6.44. The number of rotatable bonds is 6. The van der Waals surface area contributed by atoms with Crippen LogP contribution in [0, 0.1) is 18.3 Å². The first-order valence-electron chi connectivity index (χ1n) is 12.2. The summed E-state index contributed by atoms with van der Waals surface area (Å²) in [5.74, 6) is 1.20. The molecule has 0 aliphatic carbocycles. The molecule has 178 valence electrons. The van der Waals surface area contributed by atoms with Crippen LogP contribution in [0.3, 0.4) is 0 Å². The summed E-state index contributed by atoms with van der Waals surface area (Å²) >= 11 is 0. The highest BCUT2D eigenvalue weighted by Gasteiger charge is 2.30. The number of nitriles is 1. The van der Waals surface area contributed by atoms with Crippen LogP contribution in [0.5, 0.6) is 0 Å². The van der Waals surface area contributed by atoms with Gasteiger partial charge in [0.25, 0.3) is 5.56 Å². The van der Waals surface area contributed by atoms with Crippen LogP contribution < -0.4 is 5.56 Å². The normalized spacial score (nSPS) is 17.7. The van der Waals surface area contributed by atoms with Gasteiger partial charge in [0.2, 0.25) is 5.78 Å². The SMILES string of the molecule is CCCc1c(Cc2cccc(-c3ccccc3)c2C#N)c(=O)n(C2COC(C)C2)c2nc(C)nn12. The fourth-order valence-corrected chi connectivity index (χ4v) is 5.13. The van der Waals surface area contributed by atoms with Gasteiger partial charge >= 0.3 is 0 Å². The van der Waals surface area contributed by atoms with Crippen LogP contribution in [0.4, 0.5) is 0 Å². The maximum absolute atomic E-state index is 14.1. The number of ether oxygens (including phenoxy) is 1. The van der Waals surface area contributed by atoms with E-state index in [2.05, 4.69) is 23.1 Å². The lowest BCUT2D eigenvalue weighted by molar-refractivity contribution is 0.120. The van der Waals surface area contributed by atoms with Gasteiger partial charge in [-0.3, -0.25) is 9.36 Å². The molecule has 2 unspecified atom stereocenters. The zero-order valence-electron chi connectivity index (χ0n) is 20.4. The predicted octanol–water partition coefficient (Wildman–Crippen LogP) is 4.63. The minimum Gasteiger partial charge on any atom is -0.376 e. The van der Waals surface area contributed by atoms with E-state index in [1.54, 1.807) is 4.57 Å². The van der Waals surface area contributed by atoms with Gasteiger partial charge < -0.3 is 4.74 Å². The third kappa shape index (κ3) is 4.15. The molecule has 7 heteroatoms. The van der Waals surface area contributed by atoms with Crippen molar-refractivity contribution in [1.29, 1.82) is 5.26 Å². The Morgan fingerprint density at radius 3 is 2.66 bits per heavy atom. The Morgan fingerprint density at radius 2 is 1.97 bits per heavy atom. The van der Waals surface area contributed by atoms with Crippen molar-refractivity contribution in [3.05, 3.63) is 87.1 Å². The monoisotopic (exact) mass is 467 g/mol. The predicted molar refractivity (Wildman–Crippen MR) is 134 cm³/mol. The maximum Gasteiger partial charge on any atom is 0.259 e. The lowest BCUT2D eigenvalue weighted by atomic mass is 9.92. The highest BCUT2D eigenvalue weighted by molar-refractivity contribution is 5.72. The van der Waals surface area contributed by atoms with E-state index in [9.17, 15) is 10.1 Å². The number of aryl methyl sites for hydroxylation is 2. The van der Waals surface area contributed by atoms with Gasteiger partial charge in [-0.15, -0.1) is 0 Å². The van der Waals surface area contributed by atoms with Crippen molar-refractivity contribution in [2.24, 2.45) is 0 Å². The van der Waals surface area contributed by atoms with Crippen LogP contribution in [0.2, 0.25) is 0 Å². The first-order valence-corrected chi connectivity index (χ1v) is 12.2. The van der Waals surface area contributed by atoms with Gasteiger partial charge in [-0.25, -0.2) is 4.52 Å². The summed E-state index contributed by atoms with van der Waals surface area (Å²) < 4.78 is 9.42. The van der Waals surface area contributed by atoms with Crippen LogP contribution in [-0.4, -0.2) is 31.9 Å². The Labute approximate surface area is 204 Å². The molecule has 7 nitrogen and oxygen atoms in total. The van der Waals surface area contributed by atoms with Gasteiger partial charge in [0.15, 0.2) is 0 Å². The first-order chi connectivity index (χ1) is 17.0. The molecule has 3 heterocycles. The van der Waals surface area contributed by atoms with Gasteiger partial charge in [0, 0.05) is 12.0 Å². The number of aromatic nitrogens is 4. The molecular weight excluding hydrogens is 438 g/mol. The van der Waals surface area contributed by atoms with Gasteiger partial charge in [-0.2, -0.15) is 15.3 Å². The van der Waals surface area contributed by atoms with E-state index in [0.29, 0.717) is 42.2 Å². The van der Waals surface area contributed by atoms with E-state index in [0.717, 1.165) is 35.2 Å². The molecule has 1 aliphatic heterocycles. The second-order valence-corrected chi connectivity index (χ2v) is 9.25. The third-order valence-electron chi connectivity index (χ3n) is 6.74. The molecule has 2 atom stereocenters. The lowest BCUT2D eigenvalue weighted by Gasteiger charge is -2.19. The van der Waals surface area contributed by atoms with Crippen molar-refractivity contribution in [3.63, 3.8) is 0 Å². The minimum atomic E-state index is -0.0934. The van der Waals surface area contributed by atoms with E-state index >= 15 is 0 Å². The zero-order valence-corrected chi connectivity index (χ0v) is 20.4. The van der Waals surface area contributed by atoms with E-state index in [1.807, 2.05) is 66.9 Å². The van der Waals surface area contributed by atoms with Crippen molar-refractivity contribution < 1.29 is 4.74 Å². The van der Waals surface area contributed by atoms with E-state index in [4.69, 9.17) is 4.74 Å². The molecule has 1 saturated heterocycles. The third-order valence-corrected chi connectivity index (χ3v) is 6.74. The van der Waals surface area contributed by atoms with Crippen molar-refractivity contribution in [3.8, 4) is 17.2 Å². The van der Waals surface area contributed by atoms with E-state index in [1.165, 1.54) is 0 Å². The molecule has 0 bridgehead atoms. The Hall–Kier alpha value is -3.76. The Bertz CT molecular complexity index is 1480. The fourth-order valence-electron chi connectivity index (χ4n) is 5.13. The van der Waals surface area contributed by atoms with Crippen molar-refractivity contribution in [2.75, 3.05) is 6.61 Å². The summed E-state index contributed by atoms with van der Waals surface area (Å²) in [6, 6.07) is 18.1. The van der Waals surface area contributed by atoms with Gasteiger partial charge in [-0.1, -0.05) is 61.9 Å². The number of fused-ring (bicyclic) bond motifs is 1. The molecule has 4 aromatic rings. The molecule has 0 N–H and O–H groups in total. The van der Waals surface area contributed by atoms with Crippen molar-refractivity contribution >= 4 is 5.78 Å². The molecule has 0 saturated carbocycles. The largest absolute Gasteiger partial charge is 0.376 e. The van der Waals surface area contributed by atoms with Gasteiger partial charge in [-0.05, 0) is 43.4 Å². The zero-order chi connectivity index (χ0) is 24.5. The highest BCUT2D eigenvalue weighted by atomic mass is 16.5. The molecule has 2 aromatic heterocycles. The second-order valence-electron chi connectivity index (χ2n) is 9.25. The first kappa shape index (κ1) is 23.0. The molecule has 1 aliphatic rings. The summed E-state index contributed by atoms with van der Waals surface area (Å²) in [6.07, 6.45) is 2.75. The molecule has 0 radical (unpaired) electrons. The lowest BCUT2D eigenvalue weighted by Crippen LogP contribution is -2.32. The molecular formula is C28H29N5O2. The molecule has 0 spiro atoms. The Balaban J connectivity index is 1.72. The smallest absolute Gasteiger partial charge is 0.259 e.